The van der Waals surface area contributed by atoms with Crippen molar-refractivity contribution >= 4 is 11.9 Å². The minimum absolute atomic E-state index is 0.284. The third-order valence-electron chi connectivity index (χ3n) is 4.11. The van der Waals surface area contributed by atoms with Crippen molar-refractivity contribution in [3.63, 3.8) is 0 Å². The summed E-state index contributed by atoms with van der Waals surface area (Å²) >= 11 is 0. The van der Waals surface area contributed by atoms with Crippen molar-refractivity contribution in [2.75, 3.05) is 38.2 Å². The number of nitrogens with zero attached hydrogens (tertiary/aromatic N) is 3. The number of rotatable bonds is 4. The molecule has 2 heterocycles. The molecule has 6 nitrogen and oxygen atoms in total. The number of quaternary nitrogens is 1. The lowest BCUT2D eigenvalue weighted by Crippen LogP contribution is -3.13. The standard InChI is InChI=1S/C17H20N4O2/c1-23-16(22)15-5-2-4-14(12-15)13-20-8-10-21(11-9-20)17-18-6-3-7-19-17/h2-7,12H,8-11,13H2,1H3/p+1. The first-order valence-electron chi connectivity index (χ1n) is 7.79. The summed E-state index contributed by atoms with van der Waals surface area (Å²) in [5.41, 5.74) is 1.77. The fourth-order valence-corrected chi connectivity index (χ4v) is 2.87. The van der Waals surface area contributed by atoms with Crippen molar-refractivity contribution in [3.05, 3.63) is 53.9 Å². The molecule has 0 saturated carbocycles. The Morgan fingerprint density at radius 1 is 1.22 bits per heavy atom. The Kier molecular flexibility index (Phi) is 4.83. The maximum absolute atomic E-state index is 11.6. The molecule has 1 aromatic heterocycles. The zero-order valence-corrected chi connectivity index (χ0v) is 13.2. The maximum atomic E-state index is 11.6. The van der Waals surface area contributed by atoms with Gasteiger partial charge in [-0.25, -0.2) is 14.8 Å². The predicted octanol–water partition coefficient (Wildman–Crippen LogP) is 0.168. The normalized spacial score (nSPS) is 15.4. The Hall–Kier alpha value is -2.47. The Morgan fingerprint density at radius 3 is 2.65 bits per heavy atom. The van der Waals surface area contributed by atoms with Crippen LogP contribution >= 0.6 is 0 Å². The lowest BCUT2D eigenvalue weighted by atomic mass is 10.1. The molecule has 0 radical (unpaired) electrons. The molecule has 0 unspecified atom stereocenters. The molecule has 23 heavy (non-hydrogen) atoms. The Labute approximate surface area is 135 Å². The summed E-state index contributed by atoms with van der Waals surface area (Å²) in [6, 6.07) is 9.52. The monoisotopic (exact) mass is 313 g/mol. The predicted molar refractivity (Wildman–Crippen MR) is 86.4 cm³/mol. The molecule has 1 aromatic carbocycles. The van der Waals surface area contributed by atoms with E-state index in [1.807, 2.05) is 18.2 Å². The second-order valence-corrected chi connectivity index (χ2v) is 5.65. The van der Waals surface area contributed by atoms with E-state index in [4.69, 9.17) is 4.74 Å². The van der Waals surface area contributed by atoms with Crippen molar-refractivity contribution in [1.29, 1.82) is 0 Å². The number of nitrogens with one attached hydrogen (secondary N) is 1. The minimum atomic E-state index is -0.284. The highest BCUT2D eigenvalue weighted by Crippen LogP contribution is 2.07. The van der Waals surface area contributed by atoms with E-state index in [-0.39, 0.29) is 5.97 Å². The zero-order chi connectivity index (χ0) is 16.1. The molecule has 1 aliphatic heterocycles. The highest BCUT2D eigenvalue weighted by atomic mass is 16.5. The van der Waals surface area contributed by atoms with Gasteiger partial charge >= 0.3 is 5.97 Å². The molecule has 0 spiro atoms. The lowest BCUT2D eigenvalue weighted by molar-refractivity contribution is -0.914. The van der Waals surface area contributed by atoms with Gasteiger partial charge in [0.05, 0.1) is 38.9 Å². The van der Waals surface area contributed by atoms with Crippen molar-refractivity contribution in [2.45, 2.75) is 6.54 Å². The Morgan fingerprint density at radius 2 is 1.96 bits per heavy atom. The van der Waals surface area contributed by atoms with Crippen LogP contribution < -0.4 is 9.80 Å². The Bertz CT molecular complexity index is 655. The van der Waals surface area contributed by atoms with Crippen LogP contribution in [0.5, 0.6) is 0 Å². The average molecular weight is 313 g/mol. The number of carbonyl (C=O) groups excluding carboxylic acids is 1. The number of anilines is 1. The second-order valence-electron chi connectivity index (χ2n) is 5.65. The number of hydrogen-bond donors (Lipinski definition) is 1. The molecule has 0 amide bonds. The topological polar surface area (TPSA) is 59.8 Å². The third-order valence-corrected chi connectivity index (χ3v) is 4.11. The SMILES string of the molecule is COC(=O)c1cccc(C[NH+]2CCN(c3ncccn3)CC2)c1. The summed E-state index contributed by atoms with van der Waals surface area (Å²) in [6.07, 6.45) is 3.56. The molecule has 6 heteroatoms. The number of esters is 1. The molecule has 120 valence electrons. The molecule has 1 N–H and O–H groups in total. The average Bonchev–Trinajstić information content (AvgIpc) is 2.62. The molecule has 1 fully saturated rings. The van der Waals surface area contributed by atoms with Crippen LogP contribution in [0, 0.1) is 0 Å². The molecule has 1 saturated heterocycles. The fourth-order valence-electron chi connectivity index (χ4n) is 2.87. The second kappa shape index (κ2) is 7.19. The number of piperazine rings is 1. The van der Waals surface area contributed by atoms with E-state index < -0.39 is 0 Å². The first-order chi connectivity index (χ1) is 11.3. The Balaban J connectivity index is 1.58. The van der Waals surface area contributed by atoms with E-state index in [1.54, 1.807) is 18.5 Å². The molecular weight excluding hydrogens is 292 g/mol. The van der Waals surface area contributed by atoms with Crippen molar-refractivity contribution in [2.24, 2.45) is 0 Å². The van der Waals surface area contributed by atoms with Gasteiger partial charge in [0, 0.05) is 18.0 Å². The van der Waals surface area contributed by atoms with Crippen molar-refractivity contribution in [1.82, 2.24) is 9.97 Å². The van der Waals surface area contributed by atoms with E-state index in [0.29, 0.717) is 5.56 Å². The van der Waals surface area contributed by atoms with Gasteiger partial charge in [-0.05, 0) is 18.2 Å². The van der Waals surface area contributed by atoms with Gasteiger partial charge in [-0.1, -0.05) is 12.1 Å². The van der Waals surface area contributed by atoms with Gasteiger partial charge in [-0.2, -0.15) is 0 Å². The van der Waals surface area contributed by atoms with Crippen LogP contribution in [0.1, 0.15) is 15.9 Å². The molecule has 0 bridgehead atoms. The maximum Gasteiger partial charge on any atom is 0.337 e. The molecule has 0 atom stereocenters. The van der Waals surface area contributed by atoms with E-state index in [0.717, 1.165) is 44.2 Å². The summed E-state index contributed by atoms with van der Waals surface area (Å²) in [4.78, 5) is 23.9. The van der Waals surface area contributed by atoms with Gasteiger partial charge in [0.15, 0.2) is 0 Å². The first-order valence-corrected chi connectivity index (χ1v) is 7.79. The number of methoxy groups -OCH3 is 1. The smallest absolute Gasteiger partial charge is 0.337 e. The van der Waals surface area contributed by atoms with Crippen LogP contribution in [-0.2, 0) is 11.3 Å². The first kappa shape index (κ1) is 15.4. The molecule has 1 aliphatic rings. The van der Waals surface area contributed by atoms with E-state index in [1.165, 1.54) is 12.0 Å². The van der Waals surface area contributed by atoms with E-state index in [9.17, 15) is 4.79 Å². The van der Waals surface area contributed by atoms with E-state index >= 15 is 0 Å². The van der Waals surface area contributed by atoms with Crippen LogP contribution in [0.4, 0.5) is 5.95 Å². The summed E-state index contributed by atoms with van der Waals surface area (Å²) in [6.45, 7) is 4.85. The van der Waals surface area contributed by atoms with E-state index in [2.05, 4.69) is 20.9 Å². The lowest BCUT2D eigenvalue weighted by Gasteiger charge is -2.32. The minimum Gasteiger partial charge on any atom is -0.465 e. The number of hydrogen-bond acceptors (Lipinski definition) is 5. The number of carbonyl (C=O) groups is 1. The van der Waals surface area contributed by atoms with Gasteiger partial charge in [-0.3, -0.25) is 0 Å². The number of aromatic nitrogens is 2. The van der Waals surface area contributed by atoms with Crippen molar-refractivity contribution < 1.29 is 14.4 Å². The summed E-state index contributed by atoms with van der Waals surface area (Å²) in [5.74, 6) is 0.520. The molecule has 3 rings (SSSR count). The van der Waals surface area contributed by atoms with Gasteiger partial charge < -0.3 is 14.5 Å². The fraction of sp³-hybridized carbons (Fsp3) is 0.353. The zero-order valence-electron chi connectivity index (χ0n) is 13.2. The third kappa shape index (κ3) is 3.84. The molecular formula is C17H21N4O2+. The highest BCUT2D eigenvalue weighted by molar-refractivity contribution is 5.89. The van der Waals surface area contributed by atoms with Gasteiger partial charge in [0.2, 0.25) is 5.95 Å². The quantitative estimate of drug-likeness (QED) is 0.816. The van der Waals surface area contributed by atoms with Crippen LogP contribution in [0.2, 0.25) is 0 Å². The molecule has 0 aliphatic carbocycles. The summed E-state index contributed by atoms with van der Waals surface area (Å²) < 4.78 is 4.78. The van der Waals surface area contributed by atoms with Gasteiger partial charge in [0.1, 0.15) is 6.54 Å². The number of ether oxygens (including phenoxy) is 1. The largest absolute Gasteiger partial charge is 0.465 e. The summed E-state index contributed by atoms with van der Waals surface area (Å²) in [5, 5.41) is 0. The van der Waals surface area contributed by atoms with Crippen LogP contribution in [0.3, 0.4) is 0 Å². The van der Waals surface area contributed by atoms with Crippen LogP contribution in [-0.4, -0.2) is 49.2 Å². The highest BCUT2D eigenvalue weighted by Gasteiger charge is 2.21. The number of benzene rings is 1. The van der Waals surface area contributed by atoms with Crippen LogP contribution in [0.15, 0.2) is 42.7 Å². The van der Waals surface area contributed by atoms with Crippen molar-refractivity contribution in [3.8, 4) is 0 Å². The van der Waals surface area contributed by atoms with Crippen LogP contribution in [0.25, 0.3) is 0 Å². The van der Waals surface area contributed by atoms with Gasteiger partial charge in [-0.15, -0.1) is 0 Å². The molecule has 2 aromatic rings. The summed E-state index contributed by atoms with van der Waals surface area (Å²) in [7, 11) is 1.41. The van der Waals surface area contributed by atoms with Gasteiger partial charge in [0.25, 0.3) is 0 Å².